The van der Waals surface area contributed by atoms with Crippen molar-refractivity contribution >= 4 is 61.4 Å². The molecule has 0 fully saturated rings. The summed E-state index contributed by atoms with van der Waals surface area (Å²) in [5.74, 6) is 1.54. The van der Waals surface area contributed by atoms with E-state index < -0.39 is 0 Å². The van der Waals surface area contributed by atoms with Gasteiger partial charge < -0.3 is 0 Å². The molecule has 0 aromatic carbocycles. The molecule has 0 N–H and O–H groups in total. The molecular formula is C54H86BrN3S3. The van der Waals surface area contributed by atoms with Gasteiger partial charge in [0.2, 0.25) is 0 Å². The van der Waals surface area contributed by atoms with Crippen LogP contribution in [0.5, 0.6) is 0 Å². The summed E-state index contributed by atoms with van der Waals surface area (Å²) < 4.78 is 10.4. The van der Waals surface area contributed by atoms with E-state index in [1.165, 1.54) is 240 Å². The van der Waals surface area contributed by atoms with Crippen LogP contribution in [0, 0.1) is 11.8 Å². The van der Waals surface area contributed by atoms with Gasteiger partial charge in [-0.15, -0.1) is 22.7 Å². The van der Waals surface area contributed by atoms with Crippen LogP contribution in [0.1, 0.15) is 257 Å². The number of thiophene rings is 2. The van der Waals surface area contributed by atoms with Crippen LogP contribution in [-0.4, -0.2) is 13.7 Å². The van der Waals surface area contributed by atoms with Crippen molar-refractivity contribution in [3.8, 4) is 20.3 Å². The molecule has 0 spiro atoms. The van der Waals surface area contributed by atoms with E-state index in [2.05, 4.69) is 65.5 Å². The van der Waals surface area contributed by atoms with Gasteiger partial charge in [0.25, 0.3) is 0 Å². The van der Waals surface area contributed by atoms with Gasteiger partial charge in [-0.1, -0.05) is 233 Å². The average molecular weight is 953 g/mol. The molecule has 7 heteroatoms. The number of hydrogen-bond donors (Lipinski definition) is 0. The number of aromatic nitrogens is 3. The van der Waals surface area contributed by atoms with Gasteiger partial charge in [-0.05, 0) is 69.2 Å². The van der Waals surface area contributed by atoms with Gasteiger partial charge in [-0.2, -0.15) is 8.75 Å². The Labute approximate surface area is 395 Å². The summed E-state index contributed by atoms with van der Waals surface area (Å²) in [6, 6.07) is 5.21. The number of hydrogen-bond acceptors (Lipinski definition) is 6. The number of rotatable bonds is 37. The molecule has 1 aliphatic carbocycles. The lowest BCUT2D eigenvalue weighted by molar-refractivity contribution is 0.250. The maximum atomic E-state index is 5.05. The standard InChI is InChI=1S/C54H86BrN3S3/c1-5-9-13-17-21-23-27-31-35-43(33-29-25-19-15-11-7-3)40-54(41-44(34-30-26-20-16-12-8-4)36-32-28-24-22-18-14-10-6-2)45-37-38-59-52(45)53-46(54)39-48(60-53)50-51-49(57-61-58-51)47(55)42-56-50/h37-39,42-44H,5-36,40-41H2,1-4H3. The van der Waals surface area contributed by atoms with E-state index in [-0.39, 0.29) is 5.41 Å². The van der Waals surface area contributed by atoms with E-state index in [0.717, 1.165) is 33.0 Å². The number of fused-ring (bicyclic) bond motifs is 4. The number of halogens is 1. The minimum atomic E-state index is 0.0777. The third-order valence-electron chi connectivity index (χ3n) is 14.3. The highest BCUT2D eigenvalue weighted by Crippen LogP contribution is 2.61. The smallest absolute Gasteiger partial charge is 0.133 e. The SMILES string of the molecule is CCCCCCCCCCC(CCCCCCCC)CC1(CC(CCCCCCCC)CCCCCCCCCC)c2ccsc2-c2sc(-c3ncc(Br)c4nsnc34)cc21. The predicted octanol–water partition coefficient (Wildman–Crippen LogP) is 20.5. The molecule has 0 aliphatic heterocycles. The number of nitrogens with zero attached hydrogens (tertiary/aromatic N) is 3. The fourth-order valence-electron chi connectivity index (χ4n) is 10.7. The molecule has 61 heavy (non-hydrogen) atoms. The van der Waals surface area contributed by atoms with Crippen LogP contribution < -0.4 is 0 Å². The van der Waals surface area contributed by atoms with Crippen molar-refractivity contribution < 1.29 is 0 Å². The molecule has 0 radical (unpaired) electrons. The fourth-order valence-corrected chi connectivity index (χ4v) is 14.2. The van der Waals surface area contributed by atoms with Gasteiger partial charge in [0.05, 0.1) is 21.1 Å². The molecule has 2 atom stereocenters. The van der Waals surface area contributed by atoms with Crippen LogP contribution in [0.3, 0.4) is 0 Å². The Morgan fingerprint density at radius 1 is 0.525 bits per heavy atom. The topological polar surface area (TPSA) is 38.7 Å². The third-order valence-corrected chi connectivity index (χ3v) is 17.6. The first kappa shape index (κ1) is 50.8. The van der Waals surface area contributed by atoms with Gasteiger partial charge in [0, 0.05) is 21.4 Å². The quantitative estimate of drug-likeness (QED) is 0.0423. The monoisotopic (exact) mass is 952 g/mol. The van der Waals surface area contributed by atoms with Crippen LogP contribution in [0.4, 0.5) is 0 Å². The first-order chi connectivity index (χ1) is 30.1. The lowest BCUT2D eigenvalue weighted by Gasteiger charge is -2.38. The largest absolute Gasteiger partial charge is 0.252 e. The molecule has 1 aliphatic rings. The van der Waals surface area contributed by atoms with Gasteiger partial charge >= 0.3 is 0 Å². The Bertz CT molecular complexity index is 1700. The van der Waals surface area contributed by atoms with E-state index in [9.17, 15) is 0 Å². The second-order valence-electron chi connectivity index (χ2n) is 19.3. The average Bonchev–Trinajstić information content (AvgIpc) is 4.08. The summed E-state index contributed by atoms with van der Waals surface area (Å²) in [4.78, 5) is 9.43. The molecule has 0 saturated carbocycles. The zero-order valence-corrected chi connectivity index (χ0v) is 43.5. The highest BCUT2D eigenvalue weighted by molar-refractivity contribution is 9.10. The maximum absolute atomic E-state index is 5.05. The van der Waals surface area contributed by atoms with Crippen LogP contribution >= 0.6 is 50.3 Å². The first-order valence-corrected chi connectivity index (χ1v) is 29.3. The molecule has 0 saturated heterocycles. The lowest BCUT2D eigenvalue weighted by atomic mass is 9.65. The lowest BCUT2D eigenvalue weighted by Crippen LogP contribution is -2.31. The summed E-state index contributed by atoms with van der Waals surface area (Å²) in [5.41, 5.74) is 6.31. The van der Waals surface area contributed by atoms with E-state index >= 15 is 0 Å². The fraction of sp³-hybridized carbons (Fsp3) is 0.759. The number of pyridine rings is 1. The number of unbranched alkanes of at least 4 members (excludes halogenated alkanes) is 24. The van der Waals surface area contributed by atoms with Crippen molar-refractivity contribution in [3.05, 3.63) is 39.3 Å². The van der Waals surface area contributed by atoms with Gasteiger partial charge in [-0.25, -0.2) is 0 Å². The summed E-state index contributed by atoms with van der Waals surface area (Å²) in [5, 5.41) is 2.44. The van der Waals surface area contributed by atoms with Crippen molar-refractivity contribution in [2.75, 3.05) is 0 Å². The van der Waals surface area contributed by atoms with Gasteiger partial charge in [0.1, 0.15) is 16.7 Å². The van der Waals surface area contributed by atoms with Crippen LogP contribution in [0.2, 0.25) is 0 Å². The third kappa shape index (κ3) is 15.8. The molecule has 4 heterocycles. The minimum absolute atomic E-state index is 0.0777. The minimum Gasteiger partial charge on any atom is -0.252 e. The summed E-state index contributed by atoms with van der Waals surface area (Å²) in [6.07, 6.45) is 49.4. The Kier molecular flexibility index (Phi) is 24.5. The summed E-state index contributed by atoms with van der Waals surface area (Å²) in [6.45, 7) is 9.37. The molecular weight excluding hydrogens is 867 g/mol. The molecule has 4 aromatic rings. The second kappa shape index (κ2) is 29.4. The molecule has 0 amide bonds. The van der Waals surface area contributed by atoms with Crippen molar-refractivity contribution in [1.29, 1.82) is 0 Å². The second-order valence-corrected chi connectivity index (χ2v) is 22.6. The van der Waals surface area contributed by atoms with Crippen molar-refractivity contribution in [2.45, 2.75) is 251 Å². The van der Waals surface area contributed by atoms with Crippen molar-refractivity contribution in [2.24, 2.45) is 11.8 Å². The Morgan fingerprint density at radius 2 is 0.951 bits per heavy atom. The van der Waals surface area contributed by atoms with Crippen molar-refractivity contribution in [3.63, 3.8) is 0 Å². The first-order valence-electron chi connectivity index (χ1n) is 26.1. The van der Waals surface area contributed by atoms with E-state index in [1.54, 1.807) is 16.0 Å². The molecule has 5 rings (SSSR count). The Morgan fingerprint density at radius 3 is 1.41 bits per heavy atom. The van der Waals surface area contributed by atoms with E-state index in [1.807, 2.05) is 28.9 Å². The van der Waals surface area contributed by atoms with Gasteiger partial charge in [-0.3, -0.25) is 4.98 Å². The Hall–Kier alpha value is -1.15. The maximum Gasteiger partial charge on any atom is 0.133 e. The van der Waals surface area contributed by atoms with Crippen LogP contribution in [-0.2, 0) is 5.41 Å². The van der Waals surface area contributed by atoms with E-state index in [0.29, 0.717) is 0 Å². The Balaban J connectivity index is 1.45. The zero-order chi connectivity index (χ0) is 43.0. The molecule has 4 aromatic heterocycles. The van der Waals surface area contributed by atoms with E-state index in [4.69, 9.17) is 9.36 Å². The highest BCUT2D eigenvalue weighted by Gasteiger charge is 2.47. The normalized spacial score (nSPS) is 15.8. The summed E-state index contributed by atoms with van der Waals surface area (Å²) in [7, 11) is 0. The van der Waals surface area contributed by atoms with Gasteiger partial charge in [0.15, 0.2) is 0 Å². The van der Waals surface area contributed by atoms with Crippen molar-refractivity contribution in [1.82, 2.24) is 13.7 Å². The molecule has 2 unspecified atom stereocenters. The summed E-state index contributed by atoms with van der Waals surface area (Å²) >= 11 is 9.04. The van der Waals surface area contributed by atoms with Crippen LogP contribution in [0.25, 0.3) is 31.4 Å². The predicted molar refractivity (Wildman–Crippen MR) is 277 cm³/mol. The highest BCUT2D eigenvalue weighted by atomic mass is 79.9. The molecule has 0 bridgehead atoms. The zero-order valence-electron chi connectivity index (χ0n) is 39.5. The van der Waals surface area contributed by atoms with Crippen LogP contribution in [0.15, 0.2) is 28.2 Å². The molecule has 342 valence electrons. The molecule has 3 nitrogen and oxygen atoms in total.